The summed E-state index contributed by atoms with van der Waals surface area (Å²) in [5.74, 6) is 0.318. The minimum atomic E-state index is -0.436. The lowest BCUT2D eigenvalue weighted by Crippen LogP contribution is -2.42. The molecule has 1 amide bonds. The zero-order valence-electron chi connectivity index (χ0n) is 12.5. The van der Waals surface area contributed by atoms with Crippen LogP contribution in [0.3, 0.4) is 0 Å². The molecule has 1 aromatic rings. The Kier molecular flexibility index (Phi) is 7.58. The average Bonchev–Trinajstić information content (AvgIpc) is 2.91. The van der Waals surface area contributed by atoms with Gasteiger partial charge in [-0.3, -0.25) is 4.79 Å². The molecule has 1 aliphatic heterocycles. The Morgan fingerprint density at radius 2 is 2.14 bits per heavy atom. The Morgan fingerprint density at radius 1 is 1.45 bits per heavy atom. The van der Waals surface area contributed by atoms with Crippen molar-refractivity contribution < 1.29 is 19.0 Å². The van der Waals surface area contributed by atoms with E-state index in [-0.39, 0.29) is 30.2 Å². The molecular formula is C15H22ClFN2O3. The largest absolute Gasteiger partial charge is 0.494 e. The molecule has 2 N–H and O–H groups in total. The predicted molar refractivity (Wildman–Crippen MR) is 83.8 cm³/mol. The summed E-state index contributed by atoms with van der Waals surface area (Å²) in [4.78, 5) is 13.7. The van der Waals surface area contributed by atoms with Gasteiger partial charge in [-0.15, -0.1) is 12.4 Å². The predicted octanol–water partition coefficient (Wildman–Crippen LogP) is 1.20. The number of nitrogens with zero attached hydrogens (tertiary/aromatic N) is 1. The van der Waals surface area contributed by atoms with Gasteiger partial charge in [0, 0.05) is 20.1 Å². The van der Waals surface area contributed by atoms with E-state index in [0.29, 0.717) is 38.3 Å². The van der Waals surface area contributed by atoms with E-state index < -0.39 is 6.10 Å². The number of β-amino-alcohol motifs (C(OH)–C–C–N with tert-alkyl or cyclic N) is 1. The second-order valence-corrected chi connectivity index (χ2v) is 5.27. The summed E-state index contributed by atoms with van der Waals surface area (Å²) < 4.78 is 18.2. The number of hydrogen-bond acceptors (Lipinski definition) is 4. The lowest BCUT2D eigenvalue weighted by atomic mass is 10.2. The van der Waals surface area contributed by atoms with Gasteiger partial charge in [-0.1, -0.05) is 0 Å². The van der Waals surface area contributed by atoms with E-state index in [0.717, 1.165) is 0 Å². The Balaban J connectivity index is 0.00000242. The number of aliphatic hydroxyl groups excluding tert-OH is 1. The van der Waals surface area contributed by atoms with Gasteiger partial charge < -0.3 is 20.1 Å². The van der Waals surface area contributed by atoms with Crippen LogP contribution < -0.4 is 10.1 Å². The van der Waals surface area contributed by atoms with E-state index in [1.807, 2.05) is 0 Å². The van der Waals surface area contributed by atoms with E-state index in [4.69, 9.17) is 4.74 Å². The lowest BCUT2D eigenvalue weighted by Gasteiger charge is -2.21. The summed E-state index contributed by atoms with van der Waals surface area (Å²) in [6.45, 7) is 1.51. The number of ether oxygens (including phenoxy) is 1. The number of likely N-dealkylation sites (N-methyl/N-ethyl adjacent to an activating group) is 1. The van der Waals surface area contributed by atoms with Crippen molar-refractivity contribution in [2.24, 2.45) is 0 Å². The molecule has 5 nitrogen and oxygen atoms in total. The standard InChI is InChI=1S/C15H21FN2O3.ClH/c1-18(15(20)14-9-12(19)10-17-14)7-2-8-21-13-5-3-11(16)4-6-13;/h3-6,12,14,17,19H,2,7-10H2,1H3;1H. The number of nitrogens with one attached hydrogen (secondary N) is 1. The van der Waals surface area contributed by atoms with Gasteiger partial charge in [-0.2, -0.15) is 0 Å². The molecule has 2 unspecified atom stereocenters. The number of halogens is 2. The van der Waals surface area contributed by atoms with Crippen LogP contribution in [0.4, 0.5) is 4.39 Å². The first-order valence-corrected chi connectivity index (χ1v) is 7.11. The molecule has 22 heavy (non-hydrogen) atoms. The maximum absolute atomic E-state index is 12.7. The zero-order valence-corrected chi connectivity index (χ0v) is 13.3. The van der Waals surface area contributed by atoms with Crippen molar-refractivity contribution in [2.45, 2.75) is 25.0 Å². The van der Waals surface area contributed by atoms with E-state index in [1.54, 1.807) is 24.1 Å². The highest BCUT2D eigenvalue weighted by atomic mass is 35.5. The molecule has 0 saturated carbocycles. The molecule has 1 aliphatic rings. The van der Waals surface area contributed by atoms with Gasteiger partial charge in [0.2, 0.25) is 5.91 Å². The SMILES string of the molecule is CN(CCCOc1ccc(F)cc1)C(=O)C1CC(O)CN1.Cl. The molecule has 0 bridgehead atoms. The molecule has 2 rings (SSSR count). The van der Waals surface area contributed by atoms with Crippen LogP contribution in [0, 0.1) is 5.82 Å². The Labute approximate surface area is 135 Å². The quantitative estimate of drug-likeness (QED) is 0.768. The first-order chi connectivity index (χ1) is 10.1. The van der Waals surface area contributed by atoms with Gasteiger partial charge in [0.05, 0.1) is 18.8 Å². The van der Waals surface area contributed by atoms with Crippen LogP contribution in [0.25, 0.3) is 0 Å². The van der Waals surface area contributed by atoms with Crippen LogP contribution in [0.15, 0.2) is 24.3 Å². The van der Waals surface area contributed by atoms with Crippen LogP contribution in [-0.2, 0) is 4.79 Å². The second-order valence-electron chi connectivity index (χ2n) is 5.27. The molecule has 0 aromatic heterocycles. The van der Waals surface area contributed by atoms with Crippen molar-refractivity contribution in [3.63, 3.8) is 0 Å². The van der Waals surface area contributed by atoms with E-state index in [1.165, 1.54) is 12.1 Å². The fraction of sp³-hybridized carbons (Fsp3) is 0.533. The third-order valence-electron chi connectivity index (χ3n) is 3.50. The third kappa shape index (κ3) is 5.44. The van der Waals surface area contributed by atoms with Crippen molar-refractivity contribution in [1.29, 1.82) is 0 Å². The van der Waals surface area contributed by atoms with Gasteiger partial charge >= 0.3 is 0 Å². The average molecular weight is 333 g/mol. The lowest BCUT2D eigenvalue weighted by molar-refractivity contribution is -0.132. The van der Waals surface area contributed by atoms with Crippen LogP contribution in [0.1, 0.15) is 12.8 Å². The number of benzene rings is 1. The van der Waals surface area contributed by atoms with Crippen LogP contribution in [0.2, 0.25) is 0 Å². The molecule has 0 spiro atoms. The molecule has 7 heteroatoms. The van der Waals surface area contributed by atoms with Gasteiger partial charge in [-0.25, -0.2) is 4.39 Å². The summed E-state index contributed by atoms with van der Waals surface area (Å²) in [6, 6.07) is 5.56. The summed E-state index contributed by atoms with van der Waals surface area (Å²) in [6.07, 6.45) is 0.721. The van der Waals surface area contributed by atoms with Gasteiger partial charge in [-0.05, 0) is 37.1 Å². The van der Waals surface area contributed by atoms with Crippen LogP contribution in [-0.4, -0.2) is 54.8 Å². The Hall–Kier alpha value is -1.37. The molecule has 0 aliphatic carbocycles. The number of rotatable bonds is 6. The third-order valence-corrected chi connectivity index (χ3v) is 3.50. The van der Waals surface area contributed by atoms with E-state index in [2.05, 4.69) is 5.32 Å². The van der Waals surface area contributed by atoms with E-state index >= 15 is 0 Å². The number of amides is 1. The summed E-state index contributed by atoms with van der Waals surface area (Å²) in [7, 11) is 1.74. The first-order valence-electron chi connectivity index (χ1n) is 7.11. The van der Waals surface area contributed by atoms with E-state index in [9.17, 15) is 14.3 Å². The molecule has 1 heterocycles. The smallest absolute Gasteiger partial charge is 0.239 e. The second kappa shape index (κ2) is 8.92. The number of hydrogen-bond donors (Lipinski definition) is 2. The molecular weight excluding hydrogens is 311 g/mol. The highest BCUT2D eigenvalue weighted by Crippen LogP contribution is 2.12. The molecule has 2 atom stereocenters. The summed E-state index contributed by atoms with van der Waals surface area (Å²) in [5, 5.41) is 12.4. The highest BCUT2D eigenvalue weighted by molar-refractivity contribution is 5.85. The topological polar surface area (TPSA) is 61.8 Å². The molecule has 124 valence electrons. The fourth-order valence-electron chi connectivity index (χ4n) is 2.30. The minimum absolute atomic E-state index is 0. The van der Waals surface area contributed by atoms with Gasteiger partial charge in [0.25, 0.3) is 0 Å². The van der Waals surface area contributed by atoms with Crippen molar-refractivity contribution in [2.75, 3.05) is 26.7 Å². The maximum atomic E-state index is 12.7. The normalized spacial score (nSPS) is 20.3. The molecule has 1 saturated heterocycles. The van der Waals surface area contributed by atoms with Crippen molar-refractivity contribution in [1.82, 2.24) is 10.2 Å². The van der Waals surface area contributed by atoms with Crippen molar-refractivity contribution in [3.8, 4) is 5.75 Å². The molecule has 1 fully saturated rings. The van der Waals surface area contributed by atoms with Crippen molar-refractivity contribution in [3.05, 3.63) is 30.1 Å². The maximum Gasteiger partial charge on any atom is 0.239 e. The zero-order chi connectivity index (χ0) is 15.2. The summed E-state index contributed by atoms with van der Waals surface area (Å²) in [5.41, 5.74) is 0. The molecule has 1 aromatic carbocycles. The van der Waals surface area contributed by atoms with Gasteiger partial charge in [0.1, 0.15) is 11.6 Å². The highest BCUT2D eigenvalue weighted by Gasteiger charge is 2.29. The number of aliphatic hydroxyl groups is 1. The monoisotopic (exact) mass is 332 g/mol. The minimum Gasteiger partial charge on any atom is -0.494 e. The van der Waals surface area contributed by atoms with Crippen LogP contribution in [0.5, 0.6) is 5.75 Å². The number of carbonyl (C=O) groups excluding carboxylic acids is 1. The Morgan fingerprint density at radius 3 is 2.73 bits per heavy atom. The first kappa shape index (κ1) is 18.7. The number of carbonyl (C=O) groups is 1. The fourth-order valence-corrected chi connectivity index (χ4v) is 2.30. The molecule has 0 radical (unpaired) electrons. The van der Waals surface area contributed by atoms with Crippen molar-refractivity contribution >= 4 is 18.3 Å². The Bertz CT molecular complexity index is 472. The summed E-state index contributed by atoms with van der Waals surface area (Å²) >= 11 is 0. The van der Waals surface area contributed by atoms with Crippen LogP contribution >= 0.6 is 12.4 Å². The van der Waals surface area contributed by atoms with Gasteiger partial charge in [0.15, 0.2) is 0 Å².